The van der Waals surface area contributed by atoms with Gasteiger partial charge in [-0.05, 0) is 50.5 Å². The fourth-order valence-corrected chi connectivity index (χ4v) is 5.62. The van der Waals surface area contributed by atoms with Crippen molar-refractivity contribution in [1.29, 1.82) is 0 Å². The van der Waals surface area contributed by atoms with Crippen molar-refractivity contribution in [3.05, 3.63) is 59.7 Å². The summed E-state index contributed by atoms with van der Waals surface area (Å²) in [5.74, 6) is 0.0296. The number of aromatic nitrogens is 5. The van der Waals surface area contributed by atoms with Crippen molar-refractivity contribution < 1.29 is 18.7 Å². The van der Waals surface area contributed by atoms with E-state index >= 15 is 4.39 Å². The van der Waals surface area contributed by atoms with Crippen molar-refractivity contribution in [3.8, 4) is 11.3 Å². The van der Waals surface area contributed by atoms with Gasteiger partial charge >= 0.3 is 6.09 Å². The smallest absolute Gasteiger partial charge is 0.407 e. The molecule has 42 heavy (non-hydrogen) atoms. The predicted molar refractivity (Wildman–Crippen MR) is 157 cm³/mol. The molecule has 222 valence electrons. The number of carboxylic acid groups (broad SMARTS) is 1. The Balaban J connectivity index is 1.37. The maximum absolute atomic E-state index is 15.1. The molecule has 0 bridgehead atoms. The van der Waals surface area contributed by atoms with Crippen LogP contribution < -0.4 is 5.32 Å². The van der Waals surface area contributed by atoms with E-state index in [-0.39, 0.29) is 40.2 Å². The van der Waals surface area contributed by atoms with Crippen LogP contribution in [0.2, 0.25) is 0 Å². The molecule has 0 radical (unpaired) electrons. The van der Waals surface area contributed by atoms with Crippen LogP contribution in [0.25, 0.3) is 22.3 Å². The number of nitrogens with zero attached hydrogens (tertiary/aromatic N) is 7. The van der Waals surface area contributed by atoms with Crippen molar-refractivity contribution in [2.45, 2.75) is 60.2 Å². The molecule has 1 amide bonds. The third kappa shape index (κ3) is 5.89. The first-order valence-electron chi connectivity index (χ1n) is 14.0. The van der Waals surface area contributed by atoms with E-state index in [4.69, 9.17) is 0 Å². The Hall–Kier alpha value is -4.19. The lowest BCUT2D eigenvalue weighted by Crippen LogP contribution is -2.59. The number of piperazine rings is 1. The fourth-order valence-electron chi connectivity index (χ4n) is 5.62. The van der Waals surface area contributed by atoms with E-state index in [0.717, 1.165) is 11.9 Å². The lowest BCUT2D eigenvalue weighted by molar-refractivity contribution is 0.0186. The molecule has 4 aromatic rings. The average molecular weight is 579 g/mol. The van der Waals surface area contributed by atoms with Gasteiger partial charge in [0, 0.05) is 37.8 Å². The average Bonchev–Trinajstić information content (AvgIpc) is 3.26. The van der Waals surface area contributed by atoms with Crippen molar-refractivity contribution in [2.75, 3.05) is 25.0 Å². The Bertz CT molecular complexity index is 1630. The number of carbonyl (C=O) groups is 1. The van der Waals surface area contributed by atoms with Crippen molar-refractivity contribution >= 4 is 28.9 Å². The van der Waals surface area contributed by atoms with E-state index in [1.165, 1.54) is 11.0 Å². The van der Waals surface area contributed by atoms with Gasteiger partial charge in [0.2, 0.25) is 5.95 Å². The minimum Gasteiger partial charge on any atom is -0.465 e. The van der Waals surface area contributed by atoms with Crippen LogP contribution in [0.3, 0.4) is 0 Å². The molecule has 12 heteroatoms. The molecule has 1 aromatic carbocycles. The zero-order chi connectivity index (χ0) is 30.3. The lowest BCUT2D eigenvalue weighted by Gasteiger charge is -2.45. The Labute approximate surface area is 243 Å². The van der Waals surface area contributed by atoms with Gasteiger partial charge in [0.1, 0.15) is 22.9 Å². The van der Waals surface area contributed by atoms with Gasteiger partial charge in [0.25, 0.3) is 0 Å². The number of anilines is 2. The SMILES string of the molecule is Cc1nc2c(F)cc(-c3nc(Nc4cccc(CN5CCN(C(=O)O)C(C(C)(C)C)C5)n4)ncc3F)cc2n1C(C)C. The van der Waals surface area contributed by atoms with Crippen molar-refractivity contribution in [1.82, 2.24) is 34.3 Å². The topological polar surface area (TPSA) is 112 Å². The largest absolute Gasteiger partial charge is 0.465 e. The number of nitrogens with one attached hydrogen (secondary N) is 1. The number of hydrogen-bond acceptors (Lipinski definition) is 7. The van der Waals surface area contributed by atoms with Gasteiger partial charge in [0.15, 0.2) is 11.6 Å². The van der Waals surface area contributed by atoms with E-state index in [1.807, 2.05) is 58.2 Å². The molecule has 1 atom stereocenters. The second kappa shape index (κ2) is 11.2. The molecular formula is C30H36F2N8O2. The summed E-state index contributed by atoms with van der Waals surface area (Å²) in [5.41, 5.74) is 1.60. The maximum atomic E-state index is 15.1. The molecule has 1 aliphatic heterocycles. The summed E-state index contributed by atoms with van der Waals surface area (Å²) in [6.07, 6.45) is 0.150. The van der Waals surface area contributed by atoms with Crippen LogP contribution in [0.1, 0.15) is 52.2 Å². The van der Waals surface area contributed by atoms with Crippen molar-refractivity contribution in [3.63, 3.8) is 0 Å². The Morgan fingerprint density at radius 3 is 2.57 bits per heavy atom. The van der Waals surface area contributed by atoms with Crippen molar-refractivity contribution in [2.24, 2.45) is 5.41 Å². The standard InChI is InChI=1S/C30H36F2N8O2/c1-17(2)40-18(3)34-27-21(31)12-19(13-23(27)40)26-22(32)14-33-28(37-26)36-25-9-7-8-20(35-25)15-38-10-11-39(29(41)42)24(16-38)30(4,5)6/h7-9,12-14,17,24H,10-11,15-16H2,1-6H3,(H,41,42)(H,33,35,36,37). The minimum atomic E-state index is -0.902. The van der Waals surface area contributed by atoms with Crippen LogP contribution in [0.15, 0.2) is 36.5 Å². The van der Waals surface area contributed by atoms with Gasteiger partial charge in [-0.1, -0.05) is 26.8 Å². The monoisotopic (exact) mass is 578 g/mol. The van der Waals surface area contributed by atoms with Crippen LogP contribution in [-0.2, 0) is 6.54 Å². The van der Waals surface area contributed by atoms with E-state index in [9.17, 15) is 14.3 Å². The van der Waals surface area contributed by atoms with E-state index in [1.54, 1.807) is 12.1 Å². The second-order valence-corrected chi connectivity index (χ2v) is 12.1. The Kier molecular flexibility index (Phi) is 7.84. The first-order valence-corrected chi connectivity index (χ1v) is 14.0. The summed E-state index contributed by atoms with van der Waals surface area (Å²) in [6, 6.07) is 8.33. The fraction of sp³-hybridized carbons (Fsp3) is 0.433. The highest BCUT2D eigenvalue weighted by Crippen LogP contribution is 2.31. The predicted octanol–water partition coefficient (Wildman–Crippen LogP) is 6.01. The summed E-state index contributed by atoms with van der Waals surface area (Å²) in [4.78, 5) is 33.0. The number of amides is 1. The number of pyridine rings is 1. The normalized spacial score (nSPS) is 16.4. The van der Waals surface area contributed by atoms with Gasteiger partial charge in [-0.3, -0.25) is 4.90 Å². The molecule has 1 aliphatic rings. The maximum Gasteiger partial charge on any atom is 0.407 e. The number of halogens is 2. The highest BCUT2D eigenvalue weighted by Gasteiger charge is 2.38. The molecule has 1 fully saturated rings. The van der Waals surface area contributed by atoms with E-state index in [2.05, 4.69) is 30.2 Å². The zero-order valence-corrected chi connectivity index (χ0v) is 24.7. The molecule has 1 unspecified atom stereocenters. The quantitative estimate of drug-likeness (QED) is 0.286. The van der Waals surface area contributed by atoms with Gasteiger partial charge in [0.05, 0.1) is 23.4 Å². The van der Waals surface area contributed by atoms with Gasteiger partial charge < -0.3 is 19.9 Å². The number of aryl methyl sites for hydroxylation is 1. The first kappa shape index (κ1) is 29.3. The molecule has 0 spiro atoms. The summed E-state index contributed by atoms with van der Waals surface area (Å²) in [7, 11) is 0. The van der Waals surface area contributed by atoms with Crippen LogP contribution >= 0.6 is 0 Å². The highest BCUT2D eigenvalue weighted by molar-refractivity contribution is 5.83. The van der Waals surface area contributed by atoms with E-state index in [0.29, 0.717) is 43.3 Å². The summed E-state index contributed by atoms with van der Waals surface area (Å²) in [6.45, 7) is 14.0. The van der Waals surface area contributed by atoms with E-state index < -0.39 is 17.7 Å². The summed E-state index contributed by atoms with van der Waals surface area (Å²) < 4.78 is 31.9. The molecule has 2 N–H and O–H groups in total. The first-order chi connectivity index (χ1) is 19.8. The minimum absolute atomic E-state index is 0.0378. The molecule has 10 nitrogen and oxygen atoms in total. The third-order valence-corrected chi connectivity index (χ3v) is 7.60. The molecule has 5 rings (SSSR count). The number of hydrogen-bond donors (Lipinski definition) is 2. The molecule has 3 aromatic heterocycles. The summed E-state index contributed by atoms with van der Waals surface area (Å²) in [5, 5.41) is 12.7. The molecule has 0 aliphatic carbocycles. The number of fused-ring (bicyclic) bond motifs is 1. The second-order valence-electron chi connectivity index (χ2n) is 12.1. The summed E-state index contributed by atoms with van der Waals surface area (Å²) >= 11 is 0. The van der Waals surface area contributed by atoms with Gasteiger partial charge in [-0.15, -0.1) is 0 Å². The van der Waals surface area contributed by atoms with Crippen LogP contribution in [0.4, 0.5) is 25.3 Å². The van der Waals surface area contributed by atoms with Crippen LogP contribution in [0.5, 0.6) is 0 Å². The Morgan fingerprint density at radius 2 is 1.88 bits per heavy atom. The van der Waals surface area contributed by atoms with Gasteiger partial charge in [-0.25, -0.2) is 33.5 Å². The molecule has 4 heterocycles. The van der Waals surface area contributed by atoms with Gasteiger partial charge in [-0.2, -0.15) is 0 Å². The number of imidazole rings is 1. The highest BCUT2D eigenvalue weighted by atomic mass is 19.1. The van der Waals surface area contributed by atoms with Crippen LogP contribution in [0, 0.1) is 24.0 Å². The molecule has 0 saturated carbocycles. The van der Waals surface area contributed by atoms with Crippen LogP contribution in [-0.4, -0.2) is 71.2 Å². The molecule has 1 saturated heterocycles. The lowest BCUT2D eigenvalue weighted by atomic mass is 9.84. The number of rotatable bonds is 6. The molecular weight excluding hydrogens is 542 g/mol. The zero-order valence-electron chi connectivity index (χ0n) is 24.7. The Morgan fingerprint density at radius 1 is 1.12 bits per heavy atom. The third-order valence-electron chi connectivity index (χ3n) is 7.60. The number of benzene rings is 1.